The first-order valence-corrected chi connectivity index (χ1v) is 9.53. The Balaban J connectivity index is 1.67. The van der Waals surface area contributed by atoms with E-state index in [9.17, 15) is 8.78 Å². The quantitative estimate of drug-likeness (QED) is 0.412. The average molecular weight is 392 g/mol. The summed E-state index contributed by atoms with van der Waals surface area (Å²) >= 11 is 0. The maximum absolute atomic E-state index is 14.0. The Bertz CT molecular complexity index is 1120. The van der Waals surface area contributed by atoms with Gasteiger partial charge in [-0.2, -0.15) is 4.39 Å². The number of pyridine rings is 1. The van der Waals surface area contributed by atoms with Gasteiger partial charge >= 0.3 is 0 Å². The molecule has 2 aromatic heterocycles. The van der Waals surface area contributed by atoms with Crippen LogP contribution in [0.15, 0.2) is 67.7 Å². The molecule has 6 heteroatoms. The van der Waals surface area contributed by atoms with Crippen LogP contribution in [0.1, 0.15) is 24.8 Å². The molecular weight excluding hydrogens is 370 g/mol. The molecular formula is C23H22F2N4. The summed E-state index contributed by atoms with van der Waals surface area (Å²) in [5.41, 5.74) is 8.70. The van der Waals surface area contributed by atoms with E-state index in [0.29, 0.717) is 0 Å². The van der Waals surface area contributed by atoms with Crippen LogP contribution in [0.3, 0.4) is 0 Å². The Hall–Kier alpha value is -3.41. The molecule has 0 aliphatic heterocycles. The molecule has 0 unspecified atom stereocenters. The van der Waals surface area contributed by atoms with Gasteiger partial charge in [0.15, 0.2) is 5.82 Å². The van der Waals surface area contributed by atoms with E-state index < -0.39 is 11.8 Å². The SMILES string of the molecule is C=C(Nc1cccc2c1ccn2C(/C=C\N)=C/CC1CC1)c1ccnc(F)c1F. The zero-order valence-electron chi connectivity index (χ0n) is 15.9. The molecule has 0 spiro atoms. The molecule has 0 radical (unpaired) electrons. The molecule has 1 aromatic carbocycles. The van der Waals surface area contributed by atoms with Gasteiger partial charge in [0, 0.05) is 40.4 Å². The number of nitrogens with one attached hydrogen (secondary N) is 1. The number of nitrogens with two attached hydrogens (primary N) is 1. The van der Waals surface area contributed by atoms with Gasteiger partial charge in [0.25, 0.3) is 0 Å². The van der Waals surface area contributed by atoms with Crippen molar-refractivity contribution in [1.29, 1.82) is 0 Å². The minimum Gasteiger partial charge on any atom is -0.405 e. The number of rotatable bonds is 7. The van der Waals surface area contributed by atoms with Gasteiger partial charge < -0.3 is 15.6 Å². The van der Waals surface area contributed by atoms with Gasteiger partial charge in [-0.15, -0.1) is 0 Å². The average Bonchev–Trinajstić information content (AvgIpc) is 3.44. The topological polar surface area (TPSA) is 55.9 Å². The lowest BCUT2D eigenvalue weighted by Crippen LogP contribution is -2.03. The van der Waals surface area contributed by atoms with Crippen LogP contribution >= 0.6 is 0 Å². The summed E-state index contributed by atoms with van der Waals surface area (Å²) in [5.74, 6) is -1.39. The van der Waals surface area contributed by atoms with Crippen molar-refractivity contribution in [3.8, 4) is 0 Å². The summed E-state index contributed by atoms with van der Waals surface area (Å²) in [5, 5.41) is 4.05. The highest BCUT2D eigenvalue weighted by molar-refractivity contribution is 5.97. The van der Waals surface area contributed by atoms with Crippen LogP contribution in [0.5, 0.6) is 0 Å². The first kappa shape index (κ1) is 18.9. The van der Waals surface area contributed by atoms with Crippen molar-refractivity contribution < 1.29 is 8.78 Å². The number of benzene rings is 1. The summed E-state index contributed by atoms with van der Waals surface area (Å²) < 4.78 is 29.6. The lowest BCUT2D eigenvalue weighted by Gasteiger charge is -2.13. The predicted molar refractivity (Wildman–Crippen MR) is 114 cm³/mol. The van der Waals surface area contributed by atoms with E-state index in [1.807, 2.05) is 36.5 Å². The summed E-state index contributed by atoms with van der Waals surface area (Å²) in [6.45, 7) is 3.86. The molecule has 3 N–H and O–H groups in total. The number of anilines is 1. The first-order chi connectivity index (χ1) is 14.1. The molecule has 29 heavy (non-hydrogen) atoms. The minimum absolute atomic E-state index is 0.0463. The zero-order chi connectivity index (χ0) is 20.4. The molecule has 4 rings (SSSR count). The Kier molecular flexibility index (Phi) is 5.16. The second-order valence-corrected chi connectivity index (χ2v) is 7.16. The molecule has 0 saturated heterocycles. The first-order valence-electron chi connectivity index (χ1n) is 9.53. The third kappa shape index (κ3) is 3.92. The van der Waals surface area contributed by atoms with E-state index in [4.69, 9.17) is 5.73 Å². The van der Waals surface area contributed by atoms with Gasteiger partial charge in [0.1, 0.15) is 0 Å². The largest absolute Gasteiger partial charge is 0.405 e. The highest BCUT2D eigenvalue weighted by Crippen LogP contribution is 2.34. The minimum atomic E-state index is -1.14. The molecule has 0 amide bonds. The van der Waals surface area contributed by atoms with Gasteiger partial charge in [-0.05, 0) is 61.7 Å². The van der Waals surface area contributed by atoms with E-state index >= 15 is 0 Å². The van der Waals surface area contributed by atoms with Crippen molar-refractivity contribution >= 4 is 28.0 Å². The highest BCUT2D eigenvalue weighted by Gasteiger charge is 2.20. The smallest absolute Gasteiger partial charge is 0.249 e. The van der Waals surface area contributed by atoms with Crippen molar-refractivity contribution in [2.24, 2.45) is 11.7 Å². The van der Waals surface area contributed by atoms with Gasteiger partial charge in [-0.3, -0.25) is 0 Å². The summed E-state index contributed by atoms with van der Waals surface area (Å²) in [4.78, 5) is 3.32. The van der Waals surface area contributed by atoms with E-state index in [-0.39, 0.29) is 11.3 Å². The van der Waals surface area contributed by atoms with Gasteiger partial charge in [0.05, 0.1) is 5.52 Å². The summed E-state index contributed by atoms with van der Waals surface area (Å²) in [7, 11) is 0. The monoisotopic (exact) mass is 392 g/mol. The lowest BCUT2D eigenvalue weighted by atomic mass is 10.1. The summed E-state index contributed by atoms with van der Waals surface area (Å²) in [6, 6.07) is 9.15. The van der Waals surface area contributed by atoms with Crippen molar-refractivity contribution in [3.63, 3.8) is 0 Å². The Morgan fingerprint density at radius 2 is 2.10 bits per heavy atom. The van der Waals surface area contributed by atoms with Crippen LogP contribution in [0, 0.1) is 17.7 Å². The second-order valence-electron chi connectivity index (χ2n) is 7.16. The number of fused-ring (bicyclic) bond motifs is 1. The maximum Gasteiger partial charge on any atom is 0.249 e. The van der Waals surface area contributed by atoms with Crippen LogP contribution < -0.4 is 11.1 Å². The fourth-order valence-electron chi connectivity index (χ4n) is 3.37. The Morgan fingerprint density at radius 3 is 2.86 bits per heavy atom. The number of allylic oxidation sites excluding steroid dienone is 3. The summed E-state index contributed by atoms with van der Waals surface area (Å²) in [6.07, 6.45) is 12.4. The van der Waals surface area contributed by atoms with Gasteiger partial charge in [-0.25, -0.2) is 9.37 Å². The molecule has 1 aliphatic carbocycles. The molecule has 1 aliphatic rings. The normalized spacial score (nSPS) is 14.6. The zero-order valence-corrected chi connectivity index (χ0v) is 15.9. The van der Waals surface area contributed by atoms with E-state index in [2.05, 4.69) is 27.5 Å². The van der Waals surface area contributed by atoms with E-state index in [1.54, 1.807) is 0 Å². The lowest BCUT2D eigenvalue weighted by molar-refractivity contribution is 0.477. The number of aromatic nitrogens is 2. The van der Waals surface area contributed by atoms with Crippen LogP contribution in [0.25, 0.3) is 22.3 Å². The fraction of sp³-hybridized carbons (Fsp3) is 0.174. The molecule has 148 valence electrons. The van der Waals surface area contributed by atoms with Crippen LogP contribution in [0.2, 0.25) is 0 Å². The van der Waals surface area contributed by atoms with Gasteiger partial charge in [-0.1, -0.05) is 18.7 Å². The van der Waals surface area contributed by atoms with Crippen molar-refractivity contribution in [3.05, 3.63) is 85.0 Å². The highest BCUT2D eigenvalue weighted by atomic mass is 19.2. The van der Waals surface area contributed by atoms with Crippen molar-refractivity contribution in [2.75, 3.05) is 5.32 Å². The second kappa shape index (κ2) is 7.91. The molecule has 4 nitrogen and oxygen atoms in total. The van der Waals surface area contributed by atoms with Crippen LogP contribution in [-0.4, -0.2) is 9.55 Å². The van der Waals surface area contributed by atoms with Crippen LogP contribution in [-0.2, 0) is 0 Å². The fourth-order valence-corrected chi connectivity index (χ4v) is 3.37. The molecule has 3 aromatic rings. The van der Waals surface area contributed by atoms with E-state index in [0.717, 1.165) is 34.6 Å². The molecule has 0 bridgehead atoms. The van der Waals surface area contributed by atoms with Gasteiger partial charge in [0.2, 0.25) is 5.95 Å². The van der Waals surface area contributed by atoms with Crippen LogP contribution in [0.4, 0.5) is 14.5 Å². The Morgan fingerprint density at radius 1 is 1.28 bits per heavy atom. The van der Waals surface area contributed by atoms with Crippen molar-refractivity contribution in [1.82, 2.24) is 9.55 Å². The number of nitrogens with zero attached hydrogens (tertiary/aromatic N) is 2. The molecule has 1 fully saturated rings. The standard InChI is InChI=1S/C23H22F2N4/c1-15(18-10-13-27-23(25)22(18)24)28-20-3-2-4-21-19(20)11-14-29(21)17(9-12-26)8-7-16-5-6-16/h2-4,8-14,16,28H,1,5-7,26H2/b12-9-,17-8+. The van der Waals surface area contributed by atoms with E-state index in [1.165, 1.54) is 31.3 Å². The molecule has 1 saturated carbocycles. The maximum atomic E-state index is 14.0. The molecule has 0 atom stereocenters. The van der Waals surface area contributed by atoms with Crippen molar-refractivity contribution in [2.45, 2.75) is 19.3 Å². The molecule has 2 heterocycles. The third-order valence-corrected chi connectivity index (χ3v) is 5.09. The number of hydrogen-bond acceptors (Lipinski definition) is 3. The predicted octanol–water partition coefficient (Wildman–Crippen LogP) is 5.51. The number of halogens is 2. The number of hydrogen-bond donors (Lipinski definition) is 2. The third-order valence-electron chi connectivity index (χ3n) is 5.09. The Labute approximate surface area is 168 Å².